The fraction of sp³-hybridized carbons (Fsp3) is 0.550. The van der Waals surface area contributed by atoms with Gasteiger partial charge in [-0.15, -0.1) is 0 Å². The quantitative estimate of drug-likeness (QED) is 0.899. The summed E-state index contributed by atoms with van der Waals surface area (Å²) in [5.74, 6) is 0.802. The number of likely N-dealkylation sites (N-methyl/N-ethyl adjacent to an activating group) is 1. The normalized spacial score (nSPS) is 24.7. The monoisotopic (exact) mass is 339 g/mol. The number of nitrogens with one attached hydrogen (secondary N) is 2. The van der Waals surface area contributed by atoms with Gasteiger partial charge in [-0.1, -0.05) is 0 Å². The smallest absolute Gasteiger partial charge is 0.137 e. The number of hydrazine groups is 1. The molecule has 0 bridgehead atoms. The third-order valence-corrected chi connectivity index (χ3v) is 5.87. The number of pyridine rings is 1. The van der Waals surface area contributed by atoms with Gasteiger partial charge in [-0.05, 0) is 69.3 Å². The molecule has 1 fully saturated rings. The Labute approximate surface area is 150 Å². The van der Waals surface area contributed by atoms with Crippen molar-refractivity contribution in [3.8, 4) is 0 Å². The summed E-state index contributed by atoms with van der Waals surface area (Å²) < 4.78 is 0. The molecule has 5 nitrogen and oxygen atoms in total. The van der Waals surface area contributed by atoms with Gasteiger partial charge in [0.1, 0.15) is 5.65 Å². The first kappa shape index (κ1) is 16.6. The van der Waals surface area contributed by atoms with Gasteiger partial charge < -0.3 is 15.3 Å². The number of rotatable bonds is 4. The van der Waals surface area contributed by atoms with E-state index in [4.69, 9.17) is 0 Å². The molecule has 0 aromatic carbocycles. The standard InChI is InChI=1S/C20H29N5/c1-24(2)17-6-4-14(5-7-17)8-15-9-18-19(12-22-20(18)21-10-15)16-11-23-25(3)13-16/h9-12,14,17,23H,4-8,13H2,1-3H3,(H,21,22). The summed E-state index contributed by atoms with van der Waals surface area (Å²) in [6.07, 6.45) is 12.7. The van der Waals surface area contributed by atoms with E-state index in [9.17, 15) is 0 Å². The summed E-state index contributed by atoms with van der Waals surface area (Å²) in [5, 5.41) is 3.34. The van der Waals surface area contributed by atoms with E-state index in [-0.39, 0.29) is 0 Å². The van der Waals surface area contributed by atoms with Gasteiger partial charge in [0, 0.05) is 49.2 Å². The lowest BCUT2D eigenvalue weighted by atomic mass is 9.82. The maximum atomic E-state index is 4.68. The van der Waals surface area contributed by atoms with Crippen molar-refractivity contribution >= 4 is 16.6 Å². The van der Waals surface area contributed by atoms with Crippen LogP contribution in [0.3, 0.4) is 0 Å². The van der Waals surface area contributed by atoms with Crippen molar-refractivity contribution in [1.29, 1.82) is 0 Å². The van der Waals surface area contributed by atoms with Crippen LogP contribution in [-0.2, 0) is 6.42 Å². The van der Waals surface area contributed by atoms with E-state index in [2.05, 4.69) is 71.1 Å². The molecule has 2 aromatic rings. The Bertz CT molecular complexity index is 767. The van der Waals surface area contributed by atoms with Gasteiger partial charge in [0.2, 0.25) is 0 Å². The lowest BCUT2D eigenvalue weighted by molar-refractivity contribution is 0.193. The van der Waals surface area contributed by atoms with Crippen molar-refractivity contribution in [2.45, 2.75) is 38.1 Å². The highest BCUT2D eigenvalue weighted by atomic mass is 15.5. The molecule has 5 heteroatoms. The highest BCUT2D eigenvalue weighted by Crippen LogP contribution is 2.31. The topological polar surface area (TPSA) is 47.2 Å². The zero-order valence-corrected chi connectivity index (χ0v) is 15.5. The number of hydrogen-bond acceptors (Lipinski definition) is 4. The van der Waals surface area contributed by atoms with Crippen molar-refractivity contribution in [1.82, 2.24) is 25.3 Å². The second-order valence-electron chi connectivity index (χ2n) is 7.94. The van der Waals surface area contributed by atoms with E-state index < -0.39 is 0 Å². The second kappa shape index (κ2) is 6.81. The van der Waals surface area contributed by atoms with E-state index >= 15 is 0 Å². The third kappa shape index (κ3) is 3.44. The van der Waals surface area contributed by atoms with Crippen LogP contribution in [0.5, 0.6) is 0 Å². The van der Waals surface area contributed by atoms with E-state index in [1.54, 1.807) is 0 Å². The van der Waals surface area contributed by atoms with E-state index in [0.717, 1.165) is 30.6 Å². The molecule has 1 aliphatic heterocycles. The maximum Gasteiger partial charge on any atom is 0.137 e. The van der Waals surface area contributed by atoms with Crippen molar-refractivity contribution in [3.63, 3.8) is 0 Å². The van der Waals surface area contributed by atoms with Gasteiger partial charge in [-0.3, -0.25) is 0 Å². The van der Waals surface area contributed by atoms with Crippen LogP contribution in [0.25, 0.3) is 16.6 Å². The molecule has 25 heavy (non-hydrogen) atoms. The van der Waals surface area contributed by atoms with Gasteiger partial charge in [0.15, 0.2) is 0 Å². The van der Waals surface area contributed by atoms with Gasteiger partial charge in [0.05, 0.1) is 0 Å². The zero-order valence-electron chi connectivity index (χ0n) is 15.5. The molecular weight excluding hydrogens is 310 g/mol. The fourth-order valence-electron chi connectivity index (χ4n) is 4.32. The molecule has 0 saturated heterocycles. The Morgan fingerprint density at radius 1 is 1.24 bits per heavy atom. The van der Waals surface area contributed by atoms with Crippen LogP contribution in [0, 0.1) is 5.92 Å². The van der Waals surface area contributed by atoms with E-state index in [1.165, 1.54) is 47.8 Å². The van der Waals surface area contributed by atoms with Crippen molar-refractivity contribution < 1.29 is 0 Å². The van der Waals surface area contributed by atoms with Crippen LogP contribution >= 0.6 is 0 Å². The molecular formula is C20H29N5. The van der Waals surface area contributed by atoms with Crippen molar-refractivity contribution in [3.05, 3.63) is 35.8 Å². The molecule has 0 spiro atoms. The molecule has 134 valence electrons. The van der Waals surface area contributed by atoms with Gasteiger partial charge >= 0.3 is 0 Å². The molecule has 4 rings (SSSR count). The number of aromatic amines is 1. The summed E-state index contributed by atoms with van der Waals surface area (Å²) >= 11 is 0. The average Bonchev–Trinajstić information content (AvgIpc) is 3.21. The molecule has 0 radical (unpaired) electrons. The first-order chi connectivity index (χ1) is 12.1. The van der Waals surface area contributed by atoms with Crippen LogP contribution in [0.15, 0.2) is 24.7 Å². The minimum absolute atomic E-state index is 0.770. The first-order valence-electron chi connectivity index (χ1n) is 9.39. The van der Waals surface area contributed by atoms with Gasteiger partial charge in [-0.2, -0.15) is 0 Å². The Morgan fingerprint density at radius 2 is 2.04 bits per heavy atom. The molecule has 3 heterocycles. The molecule has 2 N–H and O–H groups in total. The third-order valence-electron chi connectivity index (χ3n) is 5.87. The Balaban J connectivity index is 1.50. The molecule has 1 aliphatic carbocycles. The number of nitrogens with zero attached hydrogens (tertiary/aromatic N) is 3. The van der Waals surface area contributed by atoms with Gasteiger partial charge in [-0.25, -0.2) is 9.99 Å². The molecule has 0 atom stereocenters. The molecule has 2 aliphatic rings. The van der Waals surface area contributed by atoms with Crippen molar-refractivity contribution in [2.24, 2.45) is 5.92 Å². The van der Waals surface area contributed by atoms with Crippen LogP contribution in [0.1, 0.15) is 36.8 Å². The van der Waals surface area contributed by atoms with Crippen LogP contribution in [0.2, 0.25) is 0 Å². The van der Waals surface area contributed by atoms with Crippen LogP contribution in [0.4, 0.5) is 0 Å². The molecule has 0 unspecified atom stereocenters. The Hall–Kier alpha value is -1.85. The summed E-state index contributed by atoms with van der Waals surface area (Å²) in [6, 6.07) is 3.12. The zero-order chi connectivity index (χ0) is 17.4. The molecule has 2 aromatic heterocycles. The number of fused-ring (bicyclic) bond motifs is 1. The number of aromatic nitrogens is 2. The Morgan fingerprint density at radius 3 is 2.72 bits per heavy atom. The largest absolute Gasteiger partial charge is 0.346 e. The average molecular weight is 339 g/mol. The fourth-order valence-corrected chi connectivity index (χ4v) is 4.32. The highest BCUT2D eigenvalue weighted by molar-refractivity contribution is 5.91. The molecule has 0 amide bonds. The highest BCUT2D eigenvalue weighted by Gasteiger charge is 2.23. The summed E-state index contributed by atoms with van der Waals surface area (Å²) in [6.45, 7) is 0.922. The van der Waals surface area contributed by atoms with E-state index in [1.807, 2.05) is 0 Å². The van der Waals surface area contributed by atoms with Crippen LogP contribution < -0.4 is 5.43 Å². The minimum atomic E-state index is 0.770. The lowest BCUT2D eigenvalue weighted by Gasteiger charge is -2.32. The molecule has 1 saturated carbocycles. The Kier molecular flexibility index (Phi) is 4.52. The summed E-state index contributed by atoms with van der Waals surface area (Å²) in [4.78, 5) is 10.4. The maximum absolute atomic E-state index is 4.68. The second-order valence-corrected chi connectivity index (χ2v) is 7.94. The predicted octanol–water partition coefficient (Wildman–Crippen LogP) is 3.02. The lowest BCUT2D eigenvalue weighted by Crippen LogP contribution is -2.32. The minimum Gasteiger partial charge on any atom is -0.346 e. The van der Waals surface area contributed by atoms with E-state index in [0.29, 0.717) is 0 Å². The summed E-state index contributed by atoms with van der Waals surface area (Å²) in [5.41, 5.74) is 8.21. The SMILES string of the molecule is CN1CC(c2c[nH]c3ncc(CC4CCC(N(C)C)CC4)cc23)=CN1. The summed E-state index contributed by atoms with van der Waals surface area (Å²) in [7, 11) is 6.48. The first-order valence-corrected chi connectivity index (χ1v) is 9.39. The number of H-pyrrole nitrogens is 1. The van der Waals surface area contributed by atoms with Crippen molar-refractivity contribution in [2.75, 3.05) is 27.7 Å². The van der Waals surface area contributed by atoms with Gasteiger partial charge in [0.25, 0.3) is 0 Å². The number of hydrogen-bond donors (Lipinski definition) is 2. The van der Waals surface area contributed by atoms with Crippen LogP contribution in [-0.4, -0.2) is 53.6 Å². The predicted molar refractivity (Wildman–Crippen MR) is 103 cm³/mol.